The van der Waals surface area contributed by atoms with E-state index in [1.54, 1.807) is 6.07 Å². The highest BCUT2D eigenvalue weighted by Gasteiger charge is 2.26. The topological polar surface area (TPSA) is 68.9 Å². The summed E-state index contributed by atoms with van der Waals surface area (Å²) in [5, 5.41) is 10.6. The first-order valence-electron chi connectivity index (χ1n) is 5.81. The molecule has 2 heterocycles. The summed E-state index contributed by atoms with van der Waals surface area (Å²) in [6.07, 6.45) is -0.299. The van der Waals surface area contributed by atoms with Gasteiger partial charge < -0.3 is 19.0 Å². The highest BCUT2D eigenvalue weighted by molar-refractivity contribution is 5.88. The van der Waals surface area contributed by atoms with Gasteiger partial charge in [-0.25, -0.2) is 4.79 Å². The molecule has 0 fully saturated rings. The molecule has 1 aromatic heterocycles. The molecule has 1 N–H and O–H groups in total. The largest absolute Gasteiger partial charge is 0.504 e. The molecule has 0 spiro atoms. The SMILES string of the molecule is C=C(C)C1COc2cc3oc(=O)ccc3c(O)c2O1. The molecular formula is C14H12O5. The second kappa shape index (κ2) is 4.05. The molecule has 5 heteroatoms. The second-order valence-corrected chi connectivity index (χ2v) is 4.48. The predicted octanol–water partition coefficient (Wildman–Crippen LogP) is 2.21. The van der Waals surface area contributed by atoms with Crippen LogP contribution in [0.5, 0.6) is 17.2 Å². The van der Waals surface area contributed by atoms with Gasteiger partial charge in [-0.15, -0.1) is 0 Å². The summed E-state index contributed by atoms with van der Waals surface area (Å²) in [6.45, 7) is 5.95. The first kappa shape index (κ1) is 11.6. The van der Waals surface area contributed by atoms with Gasteiger partial charge in [-0.1, -0.05) is 6.58 Å². The maximum Gasteiger partial charge on any atom is 0.336 e. The third-order valence-corrected chi connectivity index (χ3v) is 3.02. The Kier molecular flexibility index (Phi) is 2.48. The molecule has 0 aliphatic carbocycles. The number of aromatic hydroxyl groups is 1. The number of phenols is 1. The van der Waals surface area contributed by atoms with Crippen LogP contribution in [0.2, 0.25) is 0 Å². The Bertz CT molecular complexity index is 728. The van der Waals surface area contributed by atoms with Crippen LogP contribution < -0.4 is 15.1 Å². The minimum absolute atomic E-state index is 0.0952. The molecule has 1 aliphatic heterocycles. The van der Waals surface area contributed by atoms with Crippen molar-refractivity contribution in [1.82, 2.24) is 0 Å². The van der Waals surface area contributed by atoms with Crippen molar-refractivity contribution in [3.8, 4) is 17.2 Å². The first-order valence-corrected chi connectivity index (χ1v) is 5.81. The third kappa shape index (κ3) is 1.83. The van der Waals surface area contributed by atoms with E-state index >= 15 is 0 Å². The smallest absolute Gasteiger partial charge is 0.336 e. The van der Waals surface area contributed by atoms with Crippen molar-refractivity contribution in [2.75, 3.05) is 6.61 Å². The van der Waals surface area contributed by atoms with Crippen LogP contribution in [0.4, 0.5) is 0 Å². The molecule has 0 saturated carbocycles. The van der Waals surface area contributed by atoms with Gasteiger partial charge in [0, 0.05) is 12.1 Å². The average Bonchev–Trinajstić information content (AvgIpc) is 2.38. The van der Waals surface area contributed by atoms with E-state index in [1.807, 2.05) is 6.92 Å². The van der Waals surface area contributed by atoms with Gasteiger partial charge >= 0.3 is 5.63 Å². The average molecular weight is 260 g/mol. The Hall–Kier alpha value is -2.43. The molecule has 19 heavy (non-hydrogen) atoms. The summed E-state index contributed by atoms with van der Waals surface area (Å²) in [6, 6.07) is 4.28. The maximum atomic E-state index is 11.2. The third-order valence-electron chi connectivity index (χ3n) is 3.02. The molecule has 3 rings (SSSR count). The Labute approximate surface area is 108 Å². The fraction of sp³-hybridized carbons (Fsp3) is 0.214. The van der Waals surface area contributed by atoms with E-state index in [1.165, 1.54) is 12.1 Å². The molecule has 0 amide bonds. The van der Waals surface area contributed by atoms with Crippen LogP contribution in [0.3, 0.4) is 0 Å². The van der Waals surface area contributed by atoms with E-state index in [9.17, 15) is 9.90 Å². The normalized spacial score (nSPS) is 17.4. The number of hydrogen-bond donors (Lipinski definition) is 1. The Morgan fingerprint density at radius 2 is 2.26 bits per heavy atom. The molecule has 0 saturated heterocycles. The van der Waals surface area contributed by atoms with Gasteiger partial charge in [0.2, 0.25) is 5.75 Å². The quantitative estimate of drug-likeness (QED) is 0.629. The van der Waals surface area contributed by atoms with Gasteiger partial charge in [0.25, 0.3) is 0 Å². The lowest BCUT2D eigenvalue weighted by Gasteiger charge is -2.27. The molecule has 5 nitrogen and oxygen atoms in total. The summed E-state index contributed by atoms with van der Waals surface area (Å²) in [5.41, 5.74) is 0.592. The van der Waals surface area contributed by atoms with Crippen LogP contribution in [-0.4, -0.2) is 17.8 Å². The minimum Gasteiger partial charge on any atom is -0.504 e. The van der Waals surface area contributed by atoms with Crippen molar-refractivity contribution >= 4 is 11.0 Å². The number of fused-ring (bicyclic) bond motifs is 2. The van der Waals surface area contributed by atoms with Crippen molar-refractivity contribution in [1.29, 1.82) is 0 Å². The van der Waals surface area contributed by atoms with Crippen LogP contribution in [0, 0.1) is 0 Å². The zero-order valence-electron chi connectivity index (χ0n) is 10.3. The summed E-state index contributed by atoms with van der Waals surface area (Å²) in [7, 11) is 0. The molecule has 0 radical (unpaired) electrons. The summed E-state index contributed by atoms with van der Waals surface area (Å²) in [4.78, 5) is 11.2. The monoisotopic (exact) mass is 260 g/mol. The molecule has 1 aromatic carbocycles. The molecule has 98 valence electrons. The van der Waals surface area contributed by atoms with E-state index in [-0.39, 0.29) is 23.2 Å². The fourth-order valence-electron chi connectivity index (χ4n) is 1.96. The van der Waals surface area contributed by atoms with Crippen LogP contribution in [-0.2, 0) is 0 Å². The summed E-state index contributed by atoms with van der Waals surface area (Å²) >= 11 is 0. The first-order chi connectivity index (χ1) is 9.06. The molecule has 2 aromatic rings. The number of hydrogen-bond acceptors (Lipinski definition) is 5. The molecule has 1 unspecified atom stereocenters. The standard InChI is InChI=1S/C14H12O5/c1-7(2)11-6-17-10-5-9-8(3-4-12(15)18-9)13(16)14(10)19-11/h3-5,11,16H,1,6H2,2H3. The van der Waals surface area contributed by atoms with Crippen molar-refractivity contribution in [2.45, 2.75) is 13.0 Å². The summed E-state index contributed by atoms with van der Waals surface area (Å²) < 4.78 is 16.2. The Morgan fingerprint density at radius 1 is 1.47 bits per heavy atom. The van der Waals surface area contributed by atoms with Crippen LogP contribution in [0.1, 0.15) is 6.92 Å². The van der Waals surface area contributed by atoms with Crippen molar-refractivity contribution in [3.63, 3.8) is 0 Å². The van der Waals surface area contributed by atoms with E-state index in [2.05, 4.69) is 6.58 Å². The lowest BCUT2D eigenvalue weighted by Crippen LogP contribution is -2.29. The summed E-state index contributed by atoms with van der Waals surface area (Å²) in [5.74, 6) is 0.514. The molecule has 0 bridgehead atoms. The van der Waals surface area contributed by atoms with Crippen molar-refractivity contribution in [3.05, 3.63) is 40.8 Å². The van der Waals surface area contributed by atoms with Gasteiger partial charge in [-0.05, 0) is 18.6 Å². The second-order valence-electron chi connectivity index (χ2n) is 4.48. The maximum absolute atomic E-state index is 11.2. The fourth-order valence-corrected chi connectivity index (χ4v) is 1.96. The van der Waals surface area contributed by atoms with E-state index in [0.717, 1.165) is 5.57 Å². The van der Waals surface area contributed by atoms with Gasteiger partial charge in [0.1, 0.15) is 12.2 Å². The number of ether oxygens (including phenoxy) is 2. The van der Waals surface area contributed by atoms with Gasteiger partial charge in [-0.2, -0.15) is 0 Å². The molecule has 1 aliphatic rings. The van der Waals surface area contributed by atoms with E-state index < -0.39 is 5.63 Å². The van der Waals surface area contributed by atoms with E-state index in [4.69, 9.17) is 13.9 Å². The molecule has 1 atom stereocenters. The number of rotatable bonds is 1. The van der Waals surface area contributed by atoms with Crippen LogP contribution in [0.25, 0.3) is 11.0 Å². The lowest BCUT2D eigenvalue weighted by atomic mass is 10.1. The zero-order chi connectivity index (χ0) is 13.6. The minimum atomic E-state index is -0.483. The van der Waals surface area contributed by atoms with E-state index in [0.29, 0.717) is 17.7 Å². The van der Waals surface area contributed by atoms with Gasteiger partial charge in [0.05, 0.1) is 5.39 Å². The zero-order valence-corrected chi connectivity index (χ0v) is 10.3. The van der Waals surface area contributed by atoms with Crippen molar-refractivity contribution < 1.29 is 19.0 Å². The van der Waals surface area contributed by atoms with Crippen LogP contribution in [0.15, 0.2) is 39.6 Å². The molecular weight excluding hydrogens is 248 g/mol. The van der Waals surface area contributed by atoms with Crippen molar-refractivity contribution in [2.24, 2.45) is 0 Å². The van der Waals surface area contributed by atoms with Crippen LogP contribution >= 0.6 is 0 Å². The highest BCUT2D eigenvalue weighted by atomic mass is 16.6. The Balaban J connectivity index is 2.20. The number of benzene rings is 1. The lowest BCUT2D eigenvalue weighted by molar-refractivity contribution is 0.111. The van der Waals surface area contributed by atoms with Gasteiger partial charge in [-0.3, -0.25) is 0 Å². The van der Waals surface area contributed by atoms with Gasteiger partial charge in [0.15, 0.2) is 17.6 Å². The predicted molar refractivity (Wildman–Crippen MR) is 68.9 cm³/mol. The highest BCUT2D eigenvalue weighted by Crippen LogP contribution is 2.45. The Morgan fingerprint density at radius 3 is 3.00 bits per heavy atom. The number of phenolic OH excluding ortho intramolecular Hbond substituents is 1.